The number of hydrogen-bond acceptors (Lipinski definition) is 3. The maximum atomic E-state index is 9.46. The molecule has 0 bridgehead atoms. The molecule has 2 aliphatic heterocycles. The van der Waals surface area contributed by atoms with Crippen molar-refractivity contribution in [2.45, 2.75) is 57.5 Å². The van der Waals surface area contributed by atoms with E-state index in [0.29, 0.717) is 18.7 Å². The number of hydrogen-bond donors (Lipinski definition) is 1. The van der Waals surface area contributed by atoms with E-state index in [2.05, 4.69) is 16.7 Å². The van der Waals surface area contributed by atoms with E-state index in [1.54, 1.807) is 0 Å². The molecule has 0 spiro atoms. The summed E-state index contributed by atoms with van der Waals surface area (Å²) < 4.78 is 0. The molecule has 0 radical (unpaired) electrons. The first-order chi connectivity index (χ1) is 8.31. The van der Waals surface area contributed by atoms with Gasteiger partial charge >= 0.3 is 0 Å². The molecule has 2 aliphatic rings. The SMILES string of the molecule is CC1CCCC(CO)N1CCN1CCCCC1. The van der Waals surface area contributed by atoms with Gasteiger partial charge < -0.3 is 10.0 Å². The van der Waals surface area contributed by atoms with Gasteiger partial charge in [-0.1, -0.05) is 12.8 Å². The van der Waals surface area contributed by atoms with Crippen LogP contribution < -0.4 is 0 Å². The van der Waals surface area contributed by atoms with Gasteiger partial charge in [0.25, 0.3) is 0 Å². The third kappa shape index (κ3) is 3.67. The van der Waals surface area contributed by atoms with Crippen molar-refractivity contribution in [1.82, 2.24) is 9.80 Å². The van der Waals surface area contributed by atoms with Crippen molar-refractivity contribution in [3.05, 3.63) is 0 Å². The summed E-state index contributed by atoms with van der Waals surface area (Å²) >= 11 is 0. The number of aliphatic hydroxyl groups excluding tert-OH is 1. The van der Waals surface area contributed by atoms with Crippen LogP contribution >= 0.6 is 0 Å². The molecule has 0 aromatic rings. The Balaban J connectivity index is 1.78. The van der Waals surface area contributed by atoms with Gasteiger partial charge in [-0.15, -0.1) is 0 Å². The van der Waals surface area contributed by atoms with Crippen molar-refractivity contribution in [2.75, 3.05) is 32.8 Å². The Morgan fingerprint density at radius 2 is 1.76 bits per heavy atom. The fraction of sp³-hybridized carbons (Fsp3) is 1.00. The number of nitrogens with zero attached hydrogens (tertiary/aromatic N) is 2. The lowest BCUT2D eigenvalue weighted by Gasteiger charge is -2.41. The molecule has 100 valence electrons. The highest BCUT2D eigenvalue weighted by Crippen LogP contribution is 2.22. The Kier molecular flexibility index (Phi) is 5.26. The van der Waals surface area contributed by atoms with E-state index in [-0.39, 0.29) is 0 Å². The second-order valence-electron chi connectivity index (χ2n) is 5.76. The third-order valence-corrected chi connectivity index (χ3v) is 4.53. The molecule has 3 nitrogen and oxygen atoms in total. The Labute approximate surface area is 106 Å². The zero-order chi connectivity index (χ0) is 12.1. The van der Waals surface area contributed by atoms with Gasteiger partial charge in [0, 0.05) is 25.2 Å². The van der Waals surface area contributed by atoms with E-state index in [4.69, 9.17) is 0 Å². The Bertz CT molecular complexity index is 216. The molecule has 0 aliphatic carbocycles. The molecule has 2 atom stereocenters. The monoisotopic (exact) mass is 240 g/mol. The minimum absolute atomic E-state index is 0.338. The Morgan fingerprint density at radius 3 is 2.47 bits per heavy atom. The lowest BCUT2D eigenvalue weighted by molar-refractivity contribution is 0.0412. The van der Waals surface area contributed by atoms with Gasteiger partial charge in [-0.05, 0) is 45.7 Å². The van der Waals surface area contributed by atoms with Crippen molar-refractivity contribution in [2.24, 2.45) is 0 Å². The van der Waals surface area contributed by atoms with Crippen LogP contribution in [0.15, 0.2) is 0 Å². The van der Waals surface area contributed by atoms with Gasteiger partial charge in [0.2, 0.25) is 0 Å². The van der Waals surface area contributed by atoms with E-state index in [1.807, 2.05) is 0 Å². The molecule has 2 saturated heterocycles. The summed E-state index contributed by atoms with van der Waals surface area (Å²) in [6, 6.07) is 1.08. The molecule has 2 unspecified atom stereocenters. The molecule has 2 rings (SSSR count). The quantitative estimate of drug-likeness (QED) is 0.810. The summed E-state index contributed by atoms with van der Waals surface area (Å²) in [6.45, 7) is 7.56. The molecular weight excluding hydrogens is 212 g/mol. The average Bonchev–Trinajstić information content (AvgIpc) is 2.38. The number of rotatable bonds is 4. The number of piperidine rings is 2. The van der Waals surface area contributed by atoms with E-state index < -0.39 is 0 Å². The minimum Gasteiger partial charge on any atom is -0.395 e. The Hall–Kier alpha value is -0.120. The first-order valence-corrected chi connectivity index (χ1v) is 7.40. The summed E-state index contributed by atoms with van der Waals surface area (Å²) in [5.74, 6) is 0. The highest BCUT2D eigenvalue weighted by Gasteiger charge is 2.27. The van der Waals surface area contributed by atoms with Crippen LogP contribution in [0.4, 0.5) is 0 Å². The lowest BCUT2D eigenvalue weighted by Crippen LogP contribution is -2.50. The topological polar surface area (TPSA) is 26.7 Å². The normalized spacial score (nSPS) is 32.8. The van der Waals surface area contributed by atoms with Crippen LogP contribution in [0.1, 0.15) is 45.4 Å². The van der Waals surface area contributed by atoms with Crippen molar-refractivity contribution in [3.8, 4) is 0 Å². The summed E-state index contributed by atoms with van der Waals surface area (Å²) in [5.41, 5.74) is 0. The Morgan fingerprint density at radius 1 is 1.00 bits per heavy atom. The summed E-state index contributed by atoms with van der Waals surface area (Å²) in [6.07, 6.45) is 7.93. The zero-order valence-electron chi connectivity index (χ0n) is 11.3. The average molecular weight is 240 g/mol. The van der Waals surface area contributed by atoms with Crippen molar-refractivity contribution in [1.29, 1.82) is 0 Å². The second-order valence-corrected chi connectivity index (χ2v) is 5.76. The molecule has 17 heavy (non-hydrogen) atoms. The van der Waals surface area contributed by atoms with E-state index in [1.165, 1.54) is 58.2 Å². The molecule has 0 amide bonds. The number of likely N-dealkylation sites (tertiary alicyclic amines) is 2. The first kappa shape index (κ1) is 13.3. The summed E-state index contributed by atoms with van der Waals surface area (Å²) in [7, 11) is 0. The van der Waals surface area contributed by atoms with Crippen LogP contribution in [0.3, 0.4) is 0 Å². The number of aliphatic hydroxyl groups is 1. The molecule has 0 aromatic carbocycles. The molecular formula is C14H28N2O. The van der Waals surface area contributed by atoms with Gasteiger partial charge in [0.1, 0.15) is 0 Å². The van der Waals surface area contributed by atoms with Gasteiger partial charge in [-0.25, -0.2) is 0 Å². The summed E-state index contributed by atoms with van der Waals surface area (Å²) in [5, 5.41) is 9.46. The van der Waals surface area contributed by atoms with Crippen molar-refractivity contribution >= 4 is 0 Å². The molecule has 1 N–H and O–H groups in total. The maximum absolute atomic E-state index is 9.46. The van der Waals surface area contributed by atoms with Crippen molar-refractivity contribution in [3.63, 3.8) is 0 Å². The van der Waals surface area contributed by atoms with E-state index >= 15 is 0 Å². The maximum Gasteiger partial charge on any atom is 0.0586 e. The third-order valence-electron chi connectivity index (χ3n) is 4.53. The van der Waals surface area contributed by atoms with Crippen LogP contribution in [0.25, 0.3) is 0 Å². The smallest absolute Gasteiger partial charge is 0.0586 e. The van der Waals surface area contributed by atoms with Gasteiger partial charge in [0.15, 0.2) is 0 Å². The van der Waals surface area contributed by atoms with Crippen LogP contribution in [-0.2, 0) is 0 Å². The van der Waals surface area contributed by atoms with E-state index in [0.717, 1.165) is 6.54 Å². The molecule has 2 heterocycles. The minimum atomic E-state index is 0.338. The second kappa shape index (κ2) is 6.72. The predicted octanol–water partition coefficient (Wildman–Crippen LogP) is 1.71. The molecule has 0 saturated carbocycles. The van der Waals surface area contributed by atoms with Gasteiger partial charge in [0.05, 0.1) is 6.61 Å². The predicted molar refractivity (Wildman–Crippen MR) is 71.2 cm³/mol. The largest absolute Gasteiger partial charge is 0.395 e. The fourth-order valence-electron chi connectivity index (χ4n) is 3.38. The first-order valence-electron chi connectivity index (χ1n) is 7.40. The molecule has 3 heteroatoms. The van der Waals surface area contributed by atoms with Crippen LogP contribution in [0.2, 0.25) is 0 Å². The highest BCUT2D eigenvalue weighted by atomic mass is 16.3. The van der Waals surface area contributed by atoms with E-state index in [9.17, 15) is 5.11 Å². The standard InChI is InChI=1S/C14H28N2O/c1-13-6-5-7-14(12-17)16(13)11-10-15-8-3-2-4-9-15/h13-14,17H,2-12H2,1H3. The fourth-order valence-corrected chi connectivity index (χ4v) is 3.38. The molecule has 0 aromatic heterocycles. The van der Waals surface area contributed by atoms with Gasteiger partial charge in [-0.3, -0.25) is 4.90 Å². The van der Waals surface area contributed by atoms with Gasteiger partial charge in [-0.2, -0.15) is 0 Å². The lowest BCUT2D eigenvalue weighted by atomic mass is 9.97. The summed E-state index contributed by atoms with van der Waals surface area (Å²) in [4.78, 5) is 5.14. The van der Waals surface area contributed by atoms with Crippen LogP contribution in [0, 0.1) is 0 Å². The molecule has 2 fully saturated rings. The van der Waals surface area contributed by atoms with Crippen molar-refractivity contribution < 1.29 is 5.11 Å². The van der Waals surface area contributed by atoms with Crippen LogP contribution in [0.5, 0.6) is 0 Å². The highest BCUT2D eigenvalue weighted by molar-refractivity contribution is 4.82. The zero-order valence-corrected chi connectivity index (χ0v) is 11.3. The van der Waals surface area contributed by atoms with Crippen LogP contribution in [-0.4, -0.2) is 59.8 Å².